The molecule has 0 bridgehead atoms. The largest absolute Gasteiger partial charge is 0.444 e. The lowest BCUT2D eigenvalue weighted by atomic mass is 10.0. The number of rotatable bonds is 4. The minimum absolute atomic E-state index is 0.0302. The summed E-state index contributed by atoms with van der Waals surface area (Å²) in [5, 5.41) is 7.02. The number of ether oxygens (including phenoxy) is 1. The first-order valence-corrected chi connectivity index (χ1v) is 8.61. The molecule has 134 valence electrons. The molecular weight excluding hydrogens is 320 g/mol. The van der Waals surface area contributed by atoms with Crippen LogP contribution < -0.4 is 5.32 Å². The maximum atomic E-state index is 12.0. The maximum Gasteiger partial charge on any atom is 0.407 e. The van der Waals surface area contributed by atoms with Crippen LogP contribution in [0.2, 0.25) is 0 Å². The second-order valence-electron chi connectivity index (χ2n) is 7.38. The Balaban J connectivity index is 1.63. The van der Waals surface area contributed by atoms with Crippen molar-refractivity contribution in [2.24, 2.45) is 0 Å². The number of pyridine rings is 1. The van der Waals surface area contributed by atoms with Crippen LogP contribution in [-0.4, -0.2) is 32.9 Å². The van der Waals surface area contributed by atoms with Gasteiger partial charge in [-0.05, 0) is 45.2 Å². The van der Waals surface area contributed by atoms with Crippen LogP contribution in [0.4, 0.5) is 4.79 Å². The molecule has 1 aliphatic rings. The van der Waals surface area contributed by atoms with E-state index in [1.54, 1.807) is 12.4 Å². The fourth-order valence-corrected chi connectivity index (χ4v) is 3.06. The summed E-state index contributed by atoms with van der Waals surface area (Å²) in [4.78, 5) is 20.6. The first kappa shape index (κ1) is 17.4. The molecule has 0 aliphatic heterocycles. The smallest absolute Gasteiger partial charge is 0.407 e. The molecule has 1 fully saturated rings. The molecule has 1 aliphatic carbocycles. The molecule has 2 atom stereocenters. The van der Waals surface area contributed by atoms with Gasteiger partial charge in [0.15, 0.2) is 5.82 Å². The van der Waals surface area contributed by atoms with Gasteiger partial charge in [0.1, 0.15) is 5.60 Å². The second-order valence-corrected chi connectivity index (χ2v) is 7.38. The summed E-state index contributed by atoms with van der Waals surface area (Å²) in [6, 6.07) is 3.82. The second kappa shape index (κ2) is 7.21. The van der Waals surface area contributed by atoms with Gasteiger partial charge >= 0.3 is 6.09 Å². The quantitative estimate of drug-likeness (QED) is 0.916. The Morgan fingerprint density at radius 2 is 2.24 bits per heavy atom. The van der Waals surface area contributed by atoms with E-state index in [-0.39, 0.29) is 12.0 Å². The highest BCUT2D eigenvalue weighted by atomic mass is 16.6. The Morgan fingerprint density at radius 1 is 1.40 bits per heavy atom. The summed E-state index contributed by atoms with van der Waals surface area (Å²) in [6.45, 7) is 5.55. The van der Waals surface area contributed by atoms with Crippen molar-refractivity contribution < 1.29 is 14.1 Å². The van der Waals surface area contributed by atoms with Crippen LogP contribution in [-0.2, 0) is 11.2 Å². The lowest BCUT2D eigenvalue weighted by Gasteiger charge is -2.23. The number of carbonyl (C=O) groups is 1. The van der Waals surface area contributed by atoms with E-state index in [9.17, 15) is 4.79 Å². The van der Waals surface area contributed by atoms with Crippen LogP contribution in [0, 0.1) is 0 Å². The van der Waals surface area contributed by atoms with Gasteiger partial charge < -0.3 is 14.6 Å². The maximum absolute atomic E-state index is 12.0. The predicted octanol–water partition coefficient (Wildman–Crippen LogP) is 3.22. The van der Waals surface area contributed by atoms with E-state index in [2.05, 4.69) is 20.4 Å². The van der Waals surface area contributed by atoms with Crippen molar-refractivity contribution in [2.75, 3.05) is 0 Å². The molecule has 3 rings (SSSR count). The minimum atomic E-state index is -0.514. The summed E-state index contributed by atoms with van der Waals surface area (Å²) in [5.41, 5.74) is 0.518. The van der Waals surface area contributed by atoms with E-state index in [1.165, 1.54) is 0 Å². The highest BCUT2D eigenvalue weighted by Gasteiger charge is 2.35. The number of hydrogen-bond donors (Lipinski definition) is 1. The summed E-state index contributed by atoms with van der Waals surface area (Å²) >= 11 is 0. The molecule has 0 unspecified atom stereocenters. The molecule has 1 saturated carbocycles. The van der Waals surface area contributed by atoms with Crippen LogP contribution in [0.5, 0.6) is 0 Å². The fraction of sp³-hybridized carbons (Fsp3) is 0.556. The van der Waals surface area contributed by atoms with E-state index in [0.717, 1.165) is 24.8 Å². The Morgan fingerprint density at radius 3 is 2.96 bits per heavy atom. The lowest BCUT2D eigenvalue weighted by Crippen LogP contribution is -2.40. The Hall–Kier alpha value is -2.44. The van der Waals surface area contributed by atoms with E-state index in [4.69, 9.17) is 9.26 Å². The third-order valence-corrected chi connectivity index (χ3v) is 4.10. The molecule has 7 nitrogen and oxygen atoms in total. The van der Waals surface area contributed by atoms with Crippen LogP contribution >= 0.6 is 0 Å². The Kier molecular flexibility index (Phi) is 5.01. The van der Waals surface area contributed by atoms with Gasteiger partial charge in [0.25, 0.3) is 0 Å². The van der Waals surface area contributed by atoms with Gasteiger partial charge in [-0.1, -0.05) is 17.6 Å². The van der Waals surface area contributed by atoms with Crippen molar-refractivity contribution in [2.45, 2.75) is 64.0 Å². The monoisotopic (exact) mass is 344 g/mol. The van der Waals surface area contributed by atoms with Gasteiger partial charge in [0.05, 0.1) is 5.92 Å². The van der Waals surface area contributed by atoms with Crippen molar-refractivity contribution in [1.82, 2.24) is 20.4 Å². The van der Waals surface area contributed by atoms with Crippen molar-refractivity contribution in [3.05, 3.63) is 41.8 Å². The average Bonchev–Trinajstić information content (AvgIpc) is 3.15. The number of nitrogens with one attached hydrogen (secondary N) is 1. The molecule has 0 radical (unpaired) electrons. The SMILES string of the molecule is CC(C)(C)OC(=O)N[C@@H]1CCC[C@@H]1c1nc(Cc2cccnc2)no1. The van der Waals surface area contributed by atoms with Gasteiger partial charge in [0.2, 0.25) is 5.89 Å². The highest BCUT2D eigenvalue weighted by molar-refractivity contribution is 5.68. The Bertz CT molecular complexity index is 709. The molecule has 0 saturated heterocycles. The number of carbonyl (C=O) groups excluding carboxylic acids is 1. The van der Waals surface area contributed by atoms with Gasteiger partial charge in [-0.3, -0.25) is 4.98 Å². The zero-order chi connectivity index (χ0) is 17.9. The predicted molar refractivity (Wildman–Crippen MR) is 91.1 cm³/mol. The van der Waals surface area contributed by atoms with E-state index < -0.39 is 11.7 Å². The van der Waals surface area contributed by atoms with E-state index in [1.807, 2.05) is 32.9 Å². The molecule has 7 heteroatoms. The van der Waals surface area contributed by atoms with Crippen molar-refractivity contribution >= 4 is 6.09 Å². The molecule has 1 N–H and O–H groups in total. The summed E-state index contributed by atoms with van der Waals surface area (Å²) < 4.78 is 10.8. The molecule has 2 heterocycles. The van der Waals surface area contributed by atoms with Crippen molar-refractivity contribution in [3.8, 4) is 0 Å². The number of aromatic nitrogens is 3. The molecule has 25 heavy (non-hydrogen) atoms. The summed E-state index contributed by atoms with van der Waals surface area (Å²) in [7, 11) is 0. The van der Waals surface area contributed by atoms with Crippen LogP contribution in [0.3, 0.4) is 0 Å². The van der Waals surface area contributed by atoms with Gasteiger partial charge in [-0.2, -0.15) is 4.98 Å². The van der Waals surface area contributed by atoms with Crippen LogP contribution in [0.1, 0.15) is 63.2 Å². The van der Waals surface area contributed by atoms with Crippen molar-refractivity contribution in [3.63, 3.8) is 0 Å². The van der Waals surface area contributed by atoms with Gasteiger partial charge in [-0.25, -0.2) is 4.79 Å². The molecular formula is C18H24N4O3. The number of hydrogen-bond acceptors (Lipinski definition) is 6. The third kappa shape index (κ3) is 4.78. The third-order valence-electron chi connectivity index (χ3n) is 4.10. The van der Waals surface area contributed by atoms with Crippen LogP contribution in [0.15, 0.2) is 29.0 Å². The Labute approximate surface area is 147 Å². The standard InChI is InChI=1S/C18H24N4O3/c1-18(2,3)24-17(23)20-14-8-4-7-13(14)16-21-15(22-25-16)10-12-6-5-9-19-11-12/h5-6,9,11,13-14H,4,7-8,10H2,1-3H3,(H,20,23)/t13-,14+/m0/s1. The highest BCUT2D eigenvalue weighted by Crippen LogP contribution is 2.34. The normalized spacial score (nSPS) is 20.4. The number of amides is 1. The topological polar surface area (TPSA) is 90.1 Å². The van der Waals surface area contributed by atoms with E-state index >= 15 is 0 Å². The van der Waals surface area contributed by atoms with Gasteiger partial charge in [-0.15, -0.1) is 0 Å². The molecule has 1 amide bonds. The van der Waals surface area contributed by atoms with Crippen molar-refractivity contribution in [1.29, 1.82) is 0 Å². The summed E-state index contributed by atoms with van der Waals surface area (Å²) in [5.74, 6) is 1.24. The first-order valence-electron chi connectivity index (χ1n) is 8.61. The molecule has 0 spiro atoms. The molecule has 2 aromatic heterocycles. The first-order chi connectivity index (χ1) is 11.9. The van der Waals surface area contributed by atoms with Gasteiger partial charge in [0, 0.05) is 24.9 Å². The molecule has 0 aromatic carbocycles. The number of alkyl carbamates (subject to hydrolysis) is 1. The average molecular weight is 344 g/mol. The van der Waals surface area contributed by atoms with Crippen LogP contribution in [0.25, 0.3) is 0 Å². The number of nitrogens with zero attached hydrogens (tertiary/aromatic N) is 3. The van der Waals surface area contributed by atoms with E-state index in [0.29, 0.717) is 18.1 Å². The zero-order valence-corrected chi connectivity index (χ0v) is 14.9. The molecule has 2 aromatic rings. The fourth-order valence-electron chi connectivity index (χ4n) is 3.06. The lowest BCUT2D eigenvalue weighted by molar-refractivity contribution is 0.0498. The summed E-state index contributed by atoms with van der Waals surface area (Å²) in [6.07, 6.45) is 6.49. The minimum Gasteiger partial charge on any atom is -0.444 e. The zero-order valence-electron chi connectivity index (χ0n) is 14.9.